The van der Waals surface area contributed by atoms with Crippen molar-refractivity contribution in [1.82, 2.24) is 15.1 Å². The molecule has 25 heavy (non-hydrogen) atoms. The summed E-state index contributed by atoms with van der Waals surface area (Å²) in [6, 6.07) is 6.98. The number of aryl methyl sites for hydroxylation is 1. The van der Waals surface area contributed by atoms with Crippen molar-refractivity contribution in [3.05, 3.63) is 45.3 Å². The molecule has 0 radical (unpaired) electrons. The van der Waals surface area contributed by atoms with Gasteiger partial charge in [-0.3, -0.25) is 19.8 Å². The van der Waals surface area contributed by atoms with Gasteiger partial charge in [0.05, 0.1) is 4.91 Å². The van der Waals surface area contributed by atoms with Gasteiger partial charge in [0.25, 0.3) is 11.8 Å². The topological polar surface area (TPSA) is 75.2 Å². The van der Waals surface area contributed by atoms with E-state index >= 15 is 0 Å². The van der Waals surface area contributed by atoms with E-state index in [4.69, 9.17) is 12.2 Å². The lowest BCUT2D eigenvalue weighted by Crippen LogP contribution is -2.22. The average molecular weight is 391 g/mol. The molecule has 1 aliphatic rings. The summed E-state index contributed by atoms with van der Waals surface area (Å²) in [6.07, 6.45) is 2.55. The molecule has 0 aliphatic carbocycles. The number of benzene rings is 1. The van der Waals surface area contributed by atoms with E-state index < -0.39 is 0 Å². The maximum Gasteiger partial charge on any atom is 0.265 e. The SMILES string of the molecule is CCc1nnc(NC(=O)c2ccc(C=C3SC(=S)N(C)C3=O)cc2)s1. The Morgan fingerprint density at radius 2 is 2.04 bits per heavy atom. The van der Waals surface area contributed by atoms with Crippen LogP contribution in [0.3, 0.4) is 0 Å². The summed E-state index contributed by atoms with van der Waals surface area (Å²) in [5.74, 6) is -0.356. The van der Waals surface area contributed by atoms with E-state index in [0.29, 0.717) is 19.9 Å². The van der Waals surface area contributed by atoms with Crippen molar-refractivity contribution in [3.63, 3.8) is 0 Å². The summed E-state index contributed by atoms with van der Waals surface area (Å²) < 4.78 is 0.538. The van der Waals surface area contributed by atoms with Gasteiger partial charge in [0.1, 0.15) is 9.33 Å². The zero-order chi connectivity index (χ0) is 18.0. The minimum absolute atomic E-state index is 0.111. The van der Waals surface area contributed by atoms with Gasteiger partial charge in [-0.15, -0.1) is 10.2 Å². The van der Waals surface area contributed by atoms with E-state index in [1.54, 1.807) is 37.4 Å². The van der Waals surface area contributed by atoms with Crippen LogP contribution in [-0.4, -0.2) is 38.3 Å². The quantitative estimate of drug-likeness (QED) is 0.638. The van der Waals surface area contributed by atoms with Gasteiger partial charge in [-0.05, 0) is 30.2 Å². The number of nitrogens with zero attached hydrogens (tertiary/aromatic N) is 3. The highest BCUT2D eigenvalue weighted by molar-refractivity contribution is 8.26. The van der Waals surface area contributed by atoms with Gasteiger partial charge in [-0.1, -0.05) is 54.4 Å². The van der Waals surface area contributed by atoms with Gasteiger partial charge >= 0.3 is 0 Å². The first-order valence-corrected chi connectivity index (χ1v) is 9.47. The van der Waals surface area contributed by atoms with Crippen molar-refractivity contribution in [3.8, 4) is 0 Å². The number of amides is 2. The summed E-state index contributed by atoms with van der Waals surface area (Å²) in [7, 11) is 1.66. The van der Waals surface area contributed by atoms with E-state index in [1.807, 2.05) is 6.92 Å². The molecule has 1 saturated heterocycles. The highest BCUT2D eigenvalue weighted by Crippen LogP contribution is 2.31. The molecular formula is C16H14N4O2S3. The molecule has 1 aromatic carbocycles. The van der Waals surface area contributed by atoms with Crippen LogP contribution < -0.4 is 5.32 Å². The van der Waals surface area contributed by atoms with Gasteiger partial charge < -0.3 is 0 Å². The molecular weight excluding hydrogens is 376 g/mol. The number of thiocarbonyl (C=S) groups is 1. The number of likely N-dealkylation sites (N-methyl/N-ethyl adjacent to an activating group) is 1. The minimum Gasteiger partial charge on any atom is -0.296 e. The second kappa shape index (κ2) is 7.42. The Hall–Kier alpha value is -2.10. The summed E-state index contributed by atoms with van der Waals surface area (Å²) in [5, 5.41) is 12.0. The Morgan fingerprint density at radius 1 is 1.32 bits per heavy atom. The number of carbonyl (C=O) groups is 2. The molecule has 1 aliphatic heterocycles. The molecule has 0 atom stereocenters. The number of aromatic nitrogens is 2. The summed E-state index contributed by atoms with van der Waals surface area (Å²) in [5.41, 5.74) is 1.34. The maximum absolute atomic E-state index is 12.2. The third kappa shape index (κ3) is 3.94. The van der Waals surface area contributed by atoms with Crippen LogP contribution in [0.1, 0.15) is 27.9 Å². The zero-order valence-electron chi connectivity index (χ0n) is 13.5. The highest BCUT2D eigenvalue weighted by atomic mass is 32.2. The first-order chi connectivity index (χ1) is 12.0. The van der Waals surface area contributed by atoms with Crippen LogP contribution in [0.2, 0.25) is 0 Å². The molecule has 1 aromatic heterocycles. The van der Waals surface area contributed by atoms with Crippen LogP contribution in [0.25, 0.3) is 6.08 Å². The fourth-order valence-electron chi connectivity index (χ4n) is 2.04. The van der Waals surface area contributed by atoms with Crippen molar-refractivity contribution in [2.75, 3.05) is 12.4 Å². The fraction of sp³-hybridized carbons (Fsp3) is 0.188. The summed E-state index contributed by atoms with van der Waals surface area (Å²) in [4.78, 5) is 26.3. The lowest BCUT2D eigenvalue weighted by atomic mass is 10.1. The molecule has 3 rings (SSSR count). The fourth-order valence-corrected chi connectivity index (χ4v) is 3.90. The standard InChI is InChI=1S/C16H14N4O2S3/c1-3-12-18-19-15(25-12)17-13(21)10-6-4-9(5-7-10)8-11-14(22)20(2)16(23)24-11/h4-8H,3H2,1-2H3,(H,17,19,21). The van der Waals surface area contributed by atoms with Crippen LogP contribution in [0.5, 0.6) is 0 Å². The number of nitrogens with one attached hydrogen (secondary N) is 1. The Bertz CT molecular complexity index is 874. The highest BCUT2D eigenvalue weighted by Gasteiger charge is 2.28. The van der Waals surface area contributed by atoms with E-state index in [9.17, 15) is 9.59 Å². The molecule has 1 N–H and O–H groups in total. The van der Waals surface area contributed by atoms with E-state index in [-0.39, 0.29) is 11.8 Å². The maximum atomic E-state index is 12.2. The summed E-state index contributed by atoms with van der Waals surface area (Å²) >= 11 is 7.73. The van der Waals surface area contributed by atoms with Crippen molar-refractivity contribution >= 4 is 62.7 Å². The van der Waals surface area contributed by atoms with Crippen LogP contribution in [0.15, 0.2) is 29.2 Å². The number of carbonyl (C=O) groups excluding carboxylic acids is 2. The lowest BCUT2D eigenvalue weighted by molar-refractivity contribution is -0.121. The smallest absolute Gasteiger partial charge is 0.265 e. The second-order valence-corrected chi connectivity index (χ2v) is 7.91. The van der Waals surface area contributed by atoms with Gasteiger partial charge in [-0.2, -0.15) is 0 Å². The number of rotatable bonds is 4. The number of thioether (sulfide) groups is 1. The van der Waals surface area contributed by atoms with Gasteiger partial charge in [0.2, 0.25) is 5.13 Å². The number of hydrogen-bond acceptors (Lipinski definition) is 7. The third-order valence-electron chi connectivity index (χ3n) is 3.45. The van der Waals surface area contributed by atoms with Gasteiger partial charge in [0, 0.05) is 12.6 Å². The number of hydrogen-bond donors (Lipinski definition) is 1. The predicted octanol–water partition coefficient (Wildman–Crippen LogP) is 3.18. The Morgan fingerprint density at radius 3 is 2.60 bits per heavy atom. The van der Waals surface area contributed by atoms with Crippen LogP contribution in [-0.2, 0) is 11.2 Å². The van der Waals surface area contributed by atoms with Gasteiger partial charge in [-0.25, -0.2) is 0 Å². The predicted molar refractivity (Wildman–Crippen MR) is 105 cm³/mol. The second-order valence-electron chi connectivity index (χ2n) is 5.17. The Labute approximate surface area is 158 Å². The average Bonchev–Trinajstić information content (AvgIpc) is 3.16. The van der Waals surface area contributed by atoms with E-state index in [1.165, 1.54) is 28.0 Å². The van der Waals surface area contributed by atoms with Crippen LogP contribution in [0, 0.1) is 0 Å². The van der Waals surface area contributed by atoms with Crippen LogP contribution in [0.4, 0.5) is 5.13 Å². The molecule has 128 valence electrons. The first kappa shape index (κ1) is 17.7. The molecule has 0 saturated carbocycles. The van der Waals surface area contributed by atoms with Crippen molar-refractivity contribution < 1.29 is 9.59 Å². The molecule has 0 unspecified atom stereocenters. The Balaban J connectivity index is 1.70. The number of anilines is 1. The monoisotopic (exact) mass is 390 g/mol. The first-order valence-electron chi connectivity index (χ1n) is 7.43. The Kier molecular flexibility index (Phi) is 5.26. The normalized spacial score (nSPS) is 15.9. The minimum atomic E-state index is -0.245. The van der Waals surface area contributed by atoms with Crippen molar-refractivity contribution in [1.29, 1.82) is 0 Å². The largest absolute Gasteiger partial charge is 0.296 e. The van der Waals surface area contributed by atoms with Crippen LogP contribution >= 0.6 is 35.3 Å². The molecule has 2 heterocycles. The lowest BCUT2D eigenvalue weighted by Gasteiger charge is -2.04. The van der Waals surface area contributed by atoms with Crippen molar-refractivity contribution in [2.24, 2.45) is 0 Å². The van der Waals surface area contributed by atoms with Gasteiger partial charge in [0.15, 0.2) is 0 Å². The molecule has 2 amide bonds. The molecule has 0 bridgehead atoms. The molecule has 0 spiro atoms. The third-order valence-corrected chi connectivity index (χ3v) is 5.91. The molecule has 2 aromatic rings. The molecule has 6 nitrogen and oxygen atoms in total. The zero-order valence-corrected chi connectivity index (χ0v) is 15.9. The van der Waals surface area contributed by atoms with E-state index in [2.05, 4.69) is 15.5 Å². The molecule has 1 fully saturated rings. The van der Waals surface area contributed by atoms with Crippen molar-refractivity contribution in [2.45, 2.75) is 13.3 Å². The summed E-state index contributed by atoms with van der Waals surface area (Å²) in [6.45, 7) is 1.98. The van der Waals surface area contributed by atoms with E-state index in [0.717, 1.165) is 17.0 Å². The molecule has 9 heteroatoms.